The van der Waals surface area contributed by atoms with Gasteiger partial charge in [0.2, 0.25) is 12.3 Å². The number of hydrogen-bond acceptors (Lipinski definition) is 3. The van der Waals surface area contributed by atoms with E-state index in [4.69, 9.17) is 4.74 Å². The second-order valence-corrected chi connectivity index (χ2v) is 7.60. The van der Waals surface area contributed by atoms with Gasteiger partial charge >= 0.3 is 5.91 Å². The van der Waals surface area contributed by atoms with Crippen LogP contribution < -0.4 is 15.5 Å². The number of aryl methyl sites for hydroxylation is 1. The van der Waals surface area contributed by atoms with Gasteiger partial charge in [-0.3, -0.25) is 9.59 Å². The quantitative estimate of drug-likeness (QED) is 0.609. The Balaban J connectivity index is 1.70. The summed E-state index contributed by atoms with van der Waals surface area (Å²) in [7, 11) is 1.59. The number of carbonyl (C=O) groups is 2. The van der Waals surface area contributed by atoms with Gasteiger partial charge < -0.3 is 10.1 Å². The van der Waals surface area contributed by atoms with Crippen molar-refractivity contribution in [1.29, 1.82) is 0 Å². The first kappa shape index (κ1) is 21.2. The third-order valence-electron chi connectivity index (χ3n) is 5.33. The minimum absolute atomic E-state index is 0.275. The van der Waals surface area contributed by atoms with Crippen LogP contribution >= 0.6 is 0 Å². The molecule has 3 aromatic rings. The normalized spacial score (nSPS) is 19.0. The molecule has 0 unspecified atom stereocenters. The number of nitrogens with zero attached hydrogens (tertiary/aromatic N) is 1. The molecule has 0 aliphatic carbocycles. The molecule has 4 rings (SSSR count). The van der Waals surface area contributed by atoms with Crippen molar-refractivity contribution < 1.29 is 23.4 Å². The van der Waals surface area contributed by atoms with Crippen LogP contribution in [0, 0.1) is 12.7 Å². The van der Waals surface area contributed by atoms with Crippen LogP contribution in [0.5, 0.6) is 5.75 Å². The fourth-order valence-electron chi connectivity index (χ4n) is 3.65. The first-order valence-corrected chi connectivity index (χ1v) is 10.2. The summed E-state index contributed by atoms with van der Waals surface area (Å²) in [6, 6.07) is 19.1. The van der Waals surface area contributed by atoms with Gasteiger partial charge in [-0.1, -0.05) is 35.9 Å². The number of benzene rings is 3. The highest BCUT2D eigenvalue weighted by atomic mass is 19.1. The van der Waals surface area contributed by atoms with E-state index in [-0.39, 0.29) is 11.5 Å². The zero-order valence-corrected chi connectivity index (χ0v) is 17.7. The number of carbonyl (C=O) groups excluding carboxylic acids is 2. The molecule has 3 aromatic carbocycles. The molecule has 0 radical (unpaired) electrons. The summed E-state index contributed by atoms with van der Waals surface area (Å²) in [5.74, 6) is -0.537. The van der Waals surface area contributed by atoms with Crippen molar-refractivity contribution in [3.63, 3.8) is 0 Å². The molecular weight excluding hydrogens is 409 g/mol. The smallest absolute Gasteiger partial charge is 0.304 e. The van der Waals surface area contributed by atoms with Crippen molar-refractivity contribution in [2.75, 3.05) is 7.11 Å². The van der Waals surface area contributed by atoms with Gasteiger partial charge in [-0.05, 0) is 49.4 Å². The van der Waals surface area contributed by atoms with Gasteiger partial charge in [0.05, 0.1) is 7.11 Å². The molecule has 32 heavy (non-hydrogen) atoms. The number of nitrogens with one attached hydrogen (secondary N) is 2. The topological polar surface area (TPSA) is 70.4 Å². The van der Waals surface area contributed by atoms with Crippen LogP contribution in [0.3, 0.4) is 0 Å². The summed E-state index contributed by atoms with van der Waals surface area (Å²) in [6.45, 7) is 1.98. The minimum atomic E-state index is -0.850. The van der Waals surface area contributed by atoms with Crippen LogP contribution in [0.4, 0.5) is 4.39 Å². The number of halogens is 1. The highest BCUT2D eigenvalue weighted by Crippen LogP contribution is 2.26. The van der Waals surface area contributed by atoms with Crippen molar-refractivity contribution in [3.8, 4) is 5.75 Å². The minimum Gasteiger partial charge on any atom is -0.497 e. The van der Waals surface area contributed by atoms with E-state index in [0.717, 1.165) is 16.7 Å². The molecule has 1 fully saturated rings. The molecule has 1 aliphatic heterocycles. The van der Waals surface area contributed by atoms with E-state index in [2.05, 4.69) is 10.7 Å². The lowest BCUT2D eigenvalue weighted by Crippen LogP contribution is -2.42. The maximum Gasteiger partial charge on any atom is 0.304 e. The van der Waals surface area contributed by atoms with Crippen LogP contribution in [-0.4, -0.2) is 35.9 Å². The number of rotatable bonds is 5. The average molecular weight is 432 g/mol. The van der Waals surface area contributed by atoms with Crippen LogP contribution in [0.15, 0.2) is 72.8 Å². The molecule has 162 valence electrons. The van der Waals surface area contributed by atoms with Crippen LogP contribution in [0.25, 0.3) is 0 Å². The number of methoxy groups -OCH3 is 1. The number of hydrazine groups is 1. The van der Waals surface area contributed by atoms with E-state index >= 15 is 0 Å². The first-order chi connectivity index (χ1) is 15.4. The number of ether oxygens (including phenoxy) is 1. The maximum absolute atomic E-state index is 13.2. The van der Waals surface area contributed by atoms with Crippen LogP contribution in [-0.2, 0) is 4.79 Å². The first-order valence-electron chi connectivity index (χ1n) is 10.2. The Morgan fingerprint density at radius 3 is 2.50 bits per heavy atom. The summed E-state index contributed by atoms with van der Waals surface area (Å²) >= 11 is 0. The lowest BCUT2D eigenvalue weighted by atomic mass is 9.98. The molecule has 0 saturated carbocycles. The SMILES string of the molecule is COc1cccc(/C=[N+]2\NC(=O)[C@H](NC(=O)c3ccc(F)cc3)[C@H]2c2ccc(C)cc2)c1. The molecule has 6 nitrogen and oxygen atoms in total. The monoisotopic (exact) mass is 432 g/mol. The maximum atomic E-state index is 13.2. The fourth-order valence-corrected chi connectivity index (χ4v) is 3.65. The number of hydrazone groups is 1. The van der Waals surface area contributed by atoms with E-state index in [9.17, 15) is 14.0 Å². The summed E-state index contributed by atoms with van der Waals surface area (Å²) < 4.78 is 20.2. The number of amides is 2. The fraction of sp³-hybridized carbons (Fsp3) is 0.160. The highest BCUT2D eigenvalue weighted by Gasteiger charge is 2.47. The van der Waals surface area contributed by atoms with E-state index in [0.29, 0.717) is 5.75 Å². The van der Waals surface area contributed by atoms with Crippen molar-refractivity contribution in [3.05, 3.63) is 101 Å². The molecule has 1 saturated heterocycles. The standard InChI is InChI=1S/C25H22FN3O3/c1-16-6-8-18(9-7-16)23-22(27-24(30)19-10-12-20(26)13-11-19)25(31)28-29(23)15-17-4-3-5-21(14-17)32-2/h3-15,22-23H,1-2H3,(H-,27,28,30,31)/p+1/b29-15-/t22-,23-/m1/s1. The lowest BCUT2D eigenvalue weighted by Gasteiger charge is -2.15. The Hall–Kier alpha value is -4.00. The molecule has 0 spiro atoms. The second kappa shape index (κ2) is 9.01. The van der Waals surface area contributed by atoms with E-state index in [1.54, 1.807) is 18.0 Å². The Morgan fingerprint density at radius 2 is 1.81 bits per heavy atom. The molecule has 0 bridgehead atoms. The van der Waals surface area contributed by atoms with Gasteiger partial charge in [-0.25, -0.2) is 4.39 Å². The van der Waals surface area contributed by atoms with Crippen molar-refractivity contribution in [2.45, 2.75) is 19.0 Å². The Bertz CT molecular complexity index is 1170. The third-order valence-corrected chi connectivity index (χ3v) is 5.33. The zero-order chi connectivity index (χ0) is 22.7. The highest BCUT2D eigenvalue weighted by molar-refractivity contribution is 5.98. The van der Waals surface area contributed by atoms with E-state index in [1.165, 1.54) is 24.3 Å². The van der Waals surface area contributed by atoms with Gasteiger partial charge in [-0.2, -0.15) is 0 Å². The van der Waals surface area contributed by atoms with Gasteiger partial charge in [0, 0.05) is 16.7 Å². The second-order valence-electron chi connectivity index (χ2n) is 7.60. The molecule has 1 heterocycles. The molecule has 2 N–H and O–H groups in total. The largest absolute Gasteiger partial charge is 0.497 e. The average Bonchev–Trinajstić information content (AvgIpc) is 3.09. The van der Waals surface area contributed by atoms with Crippen LogP contribution in [0.1, 0.15) is 33.1 Å². The molecule has 0 aromatic heterocycles. The number of hydrogen-bond donors (Lipinski definition) is 2. The summed E-state index contributed by atoms with van der Waals surface area (Å²) in [5.41, 5.74) is 5.89. The molecular formula is C25H23FN3O3+. The van der Waals surface area contributed by atoms with Crippen LogP contribution in [0.2, 0.25) is 0 Å². The third kappa shape index (κ3) is 4.51. The van der Waals surface area contributed by atoms with E-state index in [1.807, 2.05) is 55.5 Å². The lowest BCUT2D eigenvalue weighted by molar-refractivity contribution is -0.596. The molecule has 2 amide bonds. The molecule has 1 aliphatic rings. The van der Waals surface area contributed by atoms with Gasteiger partial charge in [-0.15, -0.1) is 10.1 Å². The predicted molar refractivity (Wildman–Crippen MR) is 118 cm³/mol. The Morgan fingerprint density at radius 1 is 1.09 bits per heavy atom. The zero-order valence-electron chi connectivity index (χ0n) is 17.7. The summed E-state index contributed by atoms with van der Waals surface area (Å²) in [4.78, 5) is 25.7. The van der Waals surface area contributed by atoms with E-state index < -0.39 is 23.8 Å². The van der Waals surface area contributed by atoms with Crippen molar-refractivity contribution in [2.24, 2.45) is 0 Å². The van der Waals surface area contributed by atoms with Crippen molar-refractivity contribution >= 4 is 18.0 Å². The van der Waals surface area contributed by atoms with Gasteiger partial charge in [0.1, 0.15) is 11.6 Å². The summed E-state index contributed by atoms with van der Waals surface area (Å²) in [5, 5.41) is 2.81. The van der Waals surface area contributed by atoms with Gasteiger partial charge in [0.15, 0.2) is 6.04 Å². The van der Waals surface area contributed by atoms with Gasteiger partial charge in [0.25, 0.3) is 5.91 Å². The predicted octanol–water partition coefficient (Wildman–Crippen LogP) is 3.16. The molecule has 2 atom stereocenters. The summed E-state index contributed by atoms with van der Waals surface area (Å²) in [6.07, 6.45) is 1.80. The van der Waals surface area contributed by atoms with Crippen molar-refractivity contribution in [1.82, 2.24) is 10.7 Å². The Labute approximate surface area is 185 Å². The Kier molecular flexibility index (Phi) is 5.98. The molecule has 7 heteroatoms.